The maximum Gasteiger partial charge on any atom is 0.305 e. The maximum absolute atomic E-state index is 12.2. The summed E-state index contributed by atoms with van der Waals surface area (Å²) in [4.78, 5) is 22.9. The molecule has 8 heteroatoms. The first kappa shape index (κ1) is 25.4. The number of hydrogen-bond acceptors (Lipinski definition) is 6. The van der Waals surface area contributed by atoms with Crippen molar-refractivity contribution in [2.45, 2.75) is 50.7 Å². The number of carboxylic acids is 1. The summed E-state index contributed by atoms with van der Waals surface area (Å²) in [6.45, 7) is 2.99. The van der Waals surface area contributed by atoms with Crippen LogP contribution in [0.2, 0.25) is 0 Å². The van der Waals surface area contributed by atoms with E-state index in [2.05, 4.69) is 17.6 Å². The Labute approximate surface area is 200 Å². The van der Waals surface area contributed by atoms with E-state index in [0.29, 0.717) is 5.56 Å². The molecule has 2 aromatic carbocycles. The summed E-state index contributed by atoms with van der Waals surface area (Å²) in [7, 11) is 3.37. The lowest BCUT2D eigenvalue weighted by atomic mass is 9.90. The summed E-state index contributed by atoms with van der Waals surface area (Å²) in [5, 5.41) is 14.9. The van der Waals surface area contributed by atoms with Crippen LogP contribution in [0.5, 0.6) is 11.5 Å². The first-order valence-corrected chi connectivity index (χ1v) is 11.6. The van der Waals surface area contributed by atoms with Gasteiger partial charge in [-0.2, -0.15) is 0 Å². The topological polar surface area (TPSA) is 106 Å². The highest BCUT2D eigenvalue weighted by Crippen LogP contribution is 2.42. The molecule has 184 valence electrons. The van der Waals surface area contributed by atoms with Crippen molar-refractivity contribution in [1.29, 1.82) is 0 Å². The fraction of sp³-hybridized carbons (Fsp3) is 0.462. The molecule has 3 atom stereocenters. The zero-order chi connectivity index (χ0) is 24.5. The standard InChI is InChI=1S/C26H34N2O6/c1-17-21-16-20(33-3)11-12-23(21)34-25(17)22(6-4-5-15-32-2)28-19-9-7-18(8-10-19)26(31)27-14-13-24(29)30/h7-12,16-17,22,25,28H,4-6,13-15H2,1-3H3,(H,27,31)(H,29,30). The van der Waals surface area contributed by atoms with Crippen LogP contribution in [0.1, 0.15) is 54.4 Å². The number of aliphatic carboxylic acids is 1. The number of carbonyl (C=O) groups excluding carboxylic acids is 1. The minimum Gasteiger partial charge on any atom is -0.497 e. The van der Waals surface area contributed by atoms with E-state index >= 15 is 0 Å². The summed E-state index contributed by atoms with van der Waals surface area (Å²) in [6, 6.07) is 13.2. The maximum atomic E-state index is 12.2. The van der Waals surface area contributed by atoms with Gasteiger partial charge in [-0.25, -0.2) is 0 Å². The molecule has 3 rings (SSSR count). The number of fused-ring (bicyclic) bond motifs is 1. The van der Waals surface area contributed by atoms with E-state index in [1.807, 2.05) is 30.3 Å². The number of rotatable bonds is 13. The van der Waals surface area contributed by atoms with Gasteiger partial charge in [-0.3, -0.25) is 9.59 Å². The molecular formula is C26H34N2O6. The molecule has 3 N–H and O–H groups in total. The Morgan fingerprint density at radius 3 is 2.56 bits per heavy atom. The van der Waals surface area contributed by atoms with Crippen LogP contribution >= 0.6 is 0 Å². The van der Waals surface area contributed by atoms with Gasteiger partial charge < -0.3 is 30.0 Å². The lowest BCUT2D eigenvalue weighted by molar-refractivity contribution is -0.136. The second-order valence-corrected chi connectivity index (χ2v) is 8.49. The van der Waals surface area contributed by atoms with Gasteiger partial charge in [0.15, 0.2) is 0 Å². The summed E-state index contributed by atoms with van der Waals surface area (Å²) < 4.78 is 17.0. The molecule has 1 amide bonds. The SMILES string of the molecule is COCCCCC(Nc1ccc(C(=O)NCCC(=O)O)cc1)C1Oc2ccc(OC)cc2C1C. The second-order valence-electron chi connectivity index (χ2n) is 8.49. The Morgan fingerprint density at radius 1 is 1.12 bits per heavy atom. The summed E-state index contributed by atoms with van der Waals surface area (Å²) in [5.74, 6) is 0.651. The van der Waals surface area contributed by atoms with Crippen molar-refractivity contribution in [3.05, 3.63) is 53.6 Å². The predicted octanol–water partition coefficient (Wildman–Crippen LogP) is 4.06. The number of anilines is 1. The van der Waals surface area contributed by atoms with Gasteiger partial charge in [0, 0.05) is 43.0 Å². The molecule has 8 nitrogen and oxygen atoms in total. The number of nitrogens with one attached hydrogen (secondary N) is 2. The lowest BCUT2D eigenvalue weighted by Crippen LogP contribution is -2.38. The molecule has 1 heterocycles. The van der Waals surface area contributed by atoms with E-state index in [0.717, 1.165) is 48.6 Å². The van der Waals surface area contributed by atoms with Gasteiger partial charge in [-0.1, -0.05) is 6.92 Å². The molecule has 2 aromatic rings. The van der Waals surface area contributed by atoms with E-state index in [9.17, 15) is 9.59 Å². The third-order valence-corrected chi connectivity index (χ3v) is 6.10. The molecular weight excluding hydrogens is 436 g/mol. The normalized spacial score (nSPS) is 17.4. The average molecular weight is 471 g/mol. The number of unbranched alkanes of at least 4 members (excludes halogenated alkanes) is 1. The molecule has 0 saturated carbocycles. The molecule has 0 saturated heterocycles. The highest BCUT2D eigenvalue weighted by Gasteiger charge is 2.37. The van der Waals surface area contributed by atoms with Gasteiger partial charge in [0.2, 0.25) is 0 Å². The van der Waals surface area contributed by atoms with Crippen LogP contribution in [0.15, 0.2) is 42.5 Å². The molecule has 1 aliphatic rings. The van der Waals surface area contributed by atoms with Crippen LogP contribution in [-0.2, 0) is 9.53 Å². The monoisotopic (exact) mass is 470 g/mol. The van der Waals surface area contributed by atoms with Crippen molar-refractivity contribution in [1.82, 2.24) is 5.32 Å². The minimum absolute atomic E-state index is 0.0522. The summed E-state index contributed by atoms with van der Waals surface area (Å²) in [6.07, 6.45) is 2.70. The van der Waals surface area contributed by atoms with E-state index < -0.39 is 5.97 Å². The van der Waals surface area contributed by atoms with E-state index in [-0.39, 0.29) is 36.9 Å². The van der Waals surface area contributed by atoms with Crippen LogP contribution in [0.4, 0.5) is 5.69 Å². The molecule has 0 aliphatic carbocycles. The largest absolute Gasteiger partial charge is 0.497 e. The smallest absolute Gasteiger partial charge is 0.305 e. The third-order valence-electron chi connectivity index (χ3n) is 6.10. The fourth-order valence-corrected chi connectivity index (χ4v) is 4.22. The zero-order valence-corrected chi connectivity index (χ0v) is 20.0. The molecule has 0 spiro atoms. The van der Waals surface area contributed by atoms with Crippen molar-refractivity contribution < 1.29 is 28.9 Å². The Kier molecular flexibility index (Phi) is 9.16. The van der Waals surface area contributed by atoms with Gasteiger partial charge in [0.25, 0.3) is 5.91 Å². The van der Waals surface area contributed by atoms with Crippen molar-refractivity contribution in [2.75, 3.05) is 32.7 Å². The van der Waals surface area contributed by atoms with Crippen molar-refractivity contribution in [2.24, 2.45) is 0 Å². The third kappa shape index (κ3) is 6.63. The molecule has 0 aromatic heterocycles. The van der Waals surface area contributed by atoms with Crippen LogP contribution in [0, 0.1) is 0 Å². The average Bonchev–Trinajstić information content (AvgIpc) is 3.16. The molecule has 0 fully saturated rings. The highest BCUT2D eigenvalue weighted by molar-refractivity contribution is 5.94. The van der Waals surface area contributed by atoms with E-state index in [1.165, 1.54) is 0 Å². The Bertz CT molecular complexity index is 962. The van der Waals surface area contributed by atoms with Crippen LogP contribution in [-0.4, -0.2) is 56.5 Å². The number of methoxy groups -OCH3 is 2. The number of carbonyl (C=O) groups is 2. The summed E-state index contributed by atoms with van der Waals surface area (Å²) in [5.41, 5.74) is 2.52. The van der Waals surface area contributed by atoms with E-state index in [1.54, 1.807) is 26.4 Å². The second kappa shape index (κ2) is 12.3. The number of benzene rings is 2. The summed E-state index contributed by atoms with van der Waals surface area (Å²) >= 11 is 0. The molecule has 3 unspecified atom stereocenters. The van der Waals surface area contributed by atoms with Gasteiger partial charge >= 0.3 is 5.97 Å². The minimum atomic E-state index is -0.944. The molecule has 0 radical (unpaired) electrons. The van der Waals surface area contributed by atoms with Gasteiger partial charge in [-0.05, 0) is 61.7 Å². The number of ether oxygens (including phenoxy) is 3. The van der Waals surface area contributed by atoms with Crippen molar-refractivity contribution >= 4 is 17.6 Å². The lowest BCUT2D eigenvalue weighted by Gasteiger charge is -2.28. The molecule has 0 bridgehead atoms. The van der Waals surface area contributed by atoms with Gasteiger partial charge in [0.1, 0.15) is 17.6 Å². The molecule has 1 aliphatic heterocycles. The molecule has 34 heavy (non-hydrogen) atoms. The fourth-order valence-electron chi connectivity index (χ4n) is 4.22. The Morgan fingerprint density at radius 2 is 1.88 bits per heavy atom. The number of carboxylic acid groups (broad SMARTS) is 1. The Hall–Kier alpha value is -3.26. The number of hydrogen-bond donors (Lipinski definition) is 3. The Balaban J connectivity index is 1.69. The van der Waals surface area contributed by atoms with Crippen molar-refractivity contribution in [3.8, 4) is 11.5 Å². The van der Waals surface area contributed by atoms with Crippen LogP contribution in [0.3, 0.4) is 0 Å². The van der Waals surface area contributed by atoms with Gasteiger partial charge in [-0.15, -0.1) is 0 Å². The predicted molar refractivity (Wildman–Crippen MR) is 130 cm³/mol. The highest BCUT2D eigenvalue weighted by atomic mass is 16.5. The van der Waals surface area contributed by atoms with Crippen LogP contribution in [0.25, 0.3) is 0 Å². The van der Waals surface area contributed by atoms with Crippen molar-refractivity contribution in [3.63, 3.8) is 0 Å². The number of amides is 1. The quantitative estimate of drug-likeness (QED) is 0.379. The first-order chi connectivity index (χ1) is 16.4. The van der Waals surface area contributed by atoms with Gasteiger partial charge in [0.05, 0.1) is 19.6 Å². The van der Waals surface area contributed by atoms with E-state index in [4.69, 9.17) is 19.3 Å². The first-order valence-electron chi connectivity index (χ1n) is 11.6. The van der Waals surface area contributed by atoms with Crippen LogP contribution < -0.4 is 20.1 Å². The zero-order valence-electron chi connectivity index (χ0n) is 20.0.